The number of hydrogen-bond donors (Lipinski definition) is 2. The summed E-state index contributed by atoms with van der Waals surface area (Å²) in [5.74, 6) is -2.34. The molecule has 0 saturated heterocycles. The van der Waals surface area contributed by atoms with Crippen molar-refractivity contribution in [2.45, 2.75) is 19.3 Å². The monoisotopic (exact) mass is 471 g/mol. The Balaban J connectivity index is 1.36. The molecule has 4 aromatic rings. The number of methoxy groups -OCH3 is 1. The number of amides is 2. The van der Waals surface area contributed by atoms with Gasteiger partial charge in [0, 0.05) is 10.4 Å². The van der Waals surface area contributed by atoms with Crippen LogP contribution >= 0.6 is 11.3 Å². The number of hydrazone groups is 1. The van der Waals surface area contributed by atoms with Gasteiger partial charge in [0.25, 0.3) is 0 Å². The lowest BCUT2D eigenvalue weighted by atomic mass is 9.97. The largest absolute Gasteiger partial charge is 0.465 e. The summed E-state index contributed by atoms with van der Waals surface area (Å²) in [7, 11) is 1.30. The van der Waals surface area contributed by atoms with Crippen molar-refractivity contribution in [3.8, 4) is 0 Å². The van der Waals surface area contributed by atoms with Crippen LogP contribution in [-0.4, -0.2) is 31.1 Å². The second kappa shape index (κ2) is 9.07. The van der Waals surface area contributed by atoms with Gasteiger partial charge in [0.05, 0.1) is 18.9 Å². The molecule has 8 heteroatoms. The molecule has 170 valence electrons. The maximum absolute atomic E-state index is 12.5. The zero-order valence-corrected chi connectivity index (χ0v) is 19.2. The number of anilines is 1. The highest BCUT2D eigenvalue weighted by atomic mass is 32.1. The van der Waals surface area contributed by atoms with E-state index in [2.05, 4.69) is 21.9 Å². The van der Waals surface area contributed by atoms with Crippen LogP contribution in [0.1, 0.15) is 32.8 Å². The summed E-state index contributed by atoms with van der Waals surface area (Å²) in [6.45, 7) is 0. The van der Waals surface area contributed by atoms with Crippen molar-refractivity contribution in [1.29, 1.82) is 0 Å². The molecule has 0 atom stereocenters. The fourth-order valence-electron chi connectivity index (χ4n) is 4.36. The molecule has 7 nitrogen and oxygen atoms in total. The molecular formula is C26H21N3O4S. The number of rotatable bonds is 4. The molecule has 2 amide bonds. The zero-order valence-electron chi connectivity index (χ0n) is 18.4. The fraction of sp³-hybridized carbons (Fsp3) is 0.154. The van der Waals surface area contributed by atoms with Gasteiger partial charge in [-0.1, -0.05) is 48.5 Å². The van der Waals surface area contributed by atoms with Crippen LogP contribution in [0.15, 0.2) is 59.7 Å². The number of hydrogen-bond acceptors (Lipinski definition) is 6. The van der Waals surface area contributed by atoms with E-state index in [9.17, 15) is 14.4 Å². The molecule has 0 aliphatic heterocycles. The Kier molecular flexibility index (Phi) is 5.81. The van der Waals surface area contributed by atoms with Gasteiger partial charge >= 0.3 is 17.8 Å². The number of thiophene rings is 1. The molecule has 2 N–H and O–H groups in total. The molecular weight excluding hydrogens is 450 g/mol. The number of benzene rings is 3. The van der Waals surface area contributed by atoms with Gasteiger partial charge in [-0.05, 0) is 52.4 Å². The van der Waals surface area contributed by atoms with E-state index in [1.807, 2.05) is 48.5 Å². The standard InChI is InChI=1S/C26H21N3O4S/c1-33-26(32)22-19-11-6-12-21(19)34-25(22)28-23(30)24(31)29-27-14-20-17-9-4-2-7-15(17)13-16-8-3-5-10-18(16)20/h2-5,7-10,13-14H,6,11-12H2,1H3,(H,28,30)(H,29,31)/b27-14+. The van der Waals surface area contributed by atoms with Gasteiger partial charge in [0.2, 0.25) is 0 Å². The average molecular weight is 472 g/mol. The molecule has 1 aliphatic carbocycles. The van der Waals surface area contributed by atoms with Crippen LogP contribution in [0.3, 0.4) is 0 Å². The first-order chi connectivity index (χ1) is 16.6. The number of aryl methyl sites for hydroxylation is 1. The van der Waals surface area contributed by atoms with Crippen molar-refractivity contribution in [3.63, 3.8) is 0 Å². The van der Waals surface area contributed by atoms with Crippen LogP contribution in [0.25, 0.3) is 21.5 Å². The van der Waals surface area contributed by atoms with Crippen molar-refractivity contribution in [3.05, 3.63) is 76.2 Å². The summed E-state index contributed by atoms with van der Waals surface area (Å²) in [5, 5.41) is 11.0. The Morgan fingerprint density at radius 1 is 0.971 bits per heavy atom. The minimum atomic E-state index is -0.926. The average Bonchev–Trinajstić information content (AvgIpc) is 3.44. The van der Waals surface area contributed by atoms with E-state index < -0.39 is 17.8 Å². The molecule has 0 spiro atoms. The van der Waals surface area contributed by atoms with E-state index in [-0.39, 0.29) is 0 Å². The summed E-state index contributed by atoms with van der Waals surface area (Å²) in [6, 6.07) is 17.9. The number of carbonyl (C=O) groups excluding carboxylic acids is 3. The summed E-state index contributed by atoms with van der Waals surface area (Å²) in [5.41, 5.74) is 4.38. The van der Waals surface area contributed by atoms with Crippen molar-refractivity contribution < 1.29 is 19.1 Å². The normalized spacial score (nSPS) is 12.7. The summed E-state index contributed by atoms with van der Waals surface area (Å²) < 4.78 is 4.88. The zero-order chi connectivity index (χ0) is 23.7. The van der Waals surface area contributed by atoms with Crippen LogP contribution in [0.5, 0.6) is 0 Å². The third kappa shape index (κ3) is 3.92. The van der Waals surface area contributed by atoms with Crippen molar-refractivity contribution in [2.24, 2.45) is 5.10 Å². The number of esters is 1. The third-order valence-electron chi connectivity index (χ3n) is 5.92. The van der Waals surface area contributed by atoms with E-state index in [0.717, 1.165) is 56.8 Å². The maximum Gasteiger partial charge on any atom is 0.341 e. The Morgan fingerprint density at radius 3 is 2.32 bits per heavy atom. The van der Waals surface area contributed by atoms with Gasteiger partial charge in [-0.2, -0.15) is 5.10 Å². The Morgan fingerprint density at radius 2 is 1.65 bits per heavy atom. The van der Waals surface area contributed by atoms with E-state index in [1.165, 1.54) is 18.4 Å². The van der Waals surface area contributed by atoms with E-state index in [0.29, 0.717) is 10.6 Å². The highest BCUT2D eigenvalue weighted by Gasteiger charge is 2.29. The Bertz CT molecular complexity index is 1430. The molecule has 1 heterocycles. The van der Waals surface area contributed by atoms with Gasteiger partial charge in [-0.3, -0.25) is 9.59 Å². The number of nitrogens with one attached hydrogen (secondary N) is 2. The number of carbonyl (C=O) groups is 3. The molecule has 0 radical (unpaired) electrons. The first-order valence-electron chi connectivity index (χ1n) is 10.8. The fourth-order valence-corrected chi connectivity index (χ4v) is 5.64. The van der Waals surface area contributed by atoms with Crippen LogP contribution in [0.4, 0.5) is 5.00 Å². The van der Waals surface area contributed by atoms with Gasteiger partial charge in [0.1, 0.15) is 5.00 Å². The molecule has 5 rings (SSSR count). The number of fused-ring (bicyclic) bond motifs is 3. The molecule has 1 aromatic heterocycles. The SMILES string of the molecule is COC(=O)c1c(NC(=O)C(=O)N/N=C/c2c3ccccc3cc3ccccc23)sc2c1CCC2. The van der Waals surface area contributed by atoms with E-state index in [1.54, 1.807) is 6.21 Å². The summed E-state index contributed by atoms with van der Waals surface area (Å²) in [6.07, 6.45) is 4.10. The van der Waals surface area contributed by atoms with Gasteiger partial charge in [-0.15, -0.1) is 11.3 Å². The van der Waals surface area contributed by atoms with Crippen LogP contribution in [0.2, 0.25) is 0 Å². The number of ether oxygens (including phenoxy) is 1. The van der Waals surface area contributed by atoms with Crippen molar-refractivity contribution >= 4 is 61.9 Å². The minimum Gasteiger partial charge on any atom is -0.465 e. The predicted octanol–water partition coefficient (Wildman–Crippen LogP) is 4.42. The van der Waals surface area contributed by atoms with Gasteiger partial charge < -0.3 is 10.1 Å². The maximum atomic E-state index is 12.5. The third-order valence-corrected chi connectivity index (χ3v) is 7.12. The van der Waals surface area contributed by atoms with Crippen molar-refractivity contribution in [1.82, 2.24) is 5.43 Å². The molecule has 3 aromatic carbocycles. The number of nitrogens with zero attached hydrogens (tertiary/aromatic N) is 1. The molecule has 34 heavy (non-hydrogen) atoms. The highest BCUT2D eigenvalue weighted by molar-refractivity contribution is 7.17. The highest BCUT2D eigenvalue weighted by Crippen LogP contribution is 2.39. The molecule has 0 saturated carbocycles. The van der Waals surface area contributed by atoms with Crippen LogP contribution in [-0.2, 0) is 27.2 Å². The van der Waals surface area contributed by atoms with Gasteiger partial charge in [0.15, 0.2) is 0 Å². The van der Waals surface area contributed by atoms with E-state index in [4.69, 9.17) is 4.74 Å². The molecule has 0 bridgehead atoms. The van der Waals surface area contributed by atoms with Crippen LogP contribution in [0, 0.1) is 0 Å². The second-order valence-electron chi connectivity index (χ2n) is 7.94. The van der Waals surface area contributed by atoms with Crippen molar-refractivity contribution in [2.75, 3.05) is 12.4 Å². The summed E-state index contributed by atoms with van der Waals surface area (Å²) >= 11 is 1.31. The van der Waals surface area contributed by atoms with E-state index >= 15 is 0 Å². The smallest absolute Gasteiger partial charge is 0.341 e. The Labute approximate surface area is 199 Å². The first-order valence-corrected chi connectivity index (χ1v) is 11.7. The predicted molar refractivity (Wildman–Crippen MR) is 134 cm³/mol. The quantitative estimate of drug-likeness (QED) is 0.151. The first kappa shape index (κ1) is 21.8. The second-order valence-corrected chi connectivity index (χ2v) is 9.04. The Hall–Kier alpha value is -4.04. The molecule has 0 unspecified atom stereocenters. The summed E-state index contributed by atoms with van der Waals surface area (Å²) in [4.78, 5) is 38.3. The van der Waals surface area contributed by atoms with Gasteiger partial charge in [-0.25, -0.2) is 10.2 Å². The topological polar surface area (TPSA) is 96.9 Å². The lowest BCUT2D eigenvalue weighted by molar-refractivity contribution is -0.136. The lowest BCUT2D eigenvalue weighted by Gasteiger charge is -2.08. The lowest BCUT2D eigenvalue weighted by Crippen LogP contribution is -2.32. The minimum absolute atomic E-state index is 0.334. The van der Waals surface area contributed by atoms with Crippen LogP contribution < -0.4 is 10.7 Å². The molecule has 0 fully saturated rings. The molecule has 1 aliphatic rings.